The van der Waals surface area contributed by atoms with Gasteiger partial charge < -0.3 is 15.3 Å². The summed E-state index contributed by atoms with van der Waals surface area (Å²) >= 11 is 0. The minimum Gasteiger partial charge on any atom is -0.505 e. The molecule has 0 radical (unpaired) electrons. The second-order valence-corrected chi connectivity index (χ2v) is 9.17. The van der Waals surface area contributed by atoms with Gasteiger partial charge in [0.1, 0.15) is 11.5 Å². The summed E-state index contributed by atoms with van der Waals surface area (Å²) in [6.45, 7) is 4.16. The Bertz CT molecular complexity index is 1710. The minimum atomic E-state index is -1.08. The van der Waals surface area contributed by atoms with Crippen LogP contribution < -0.4 is 0 Å². The summed E-state index contributed by atoms with van der Waals surface area (Å²) in [5.74, 6) is -1.64. The van der Waals surface area contributed by atoms with Crippen molar-refractivity contribution in [1.29, 1.82) is 0 Å². The first kappa shape index (κ1) is 24.7. The molecule has 0 aliphatic rings. The Kier molecular flexibility index (Phi) is 6.38. The van der Waals surface area contributed by atoms with Crippen molar-refractivity contribution < 1.29 is 24.5 Å². The second-order valence-electron chi connectivity index (χ2n) is 9.17. The monoisotopic (exact) mass is 509 g/mol. The molecule has 5 rings (SSSR count). The summed E-state index contributed by atoms with van der Waals surface area (Å²) in [5, 5.41) is 40.3. The molecule has 38 heavy (non-hydrogen) atoms. The van der Waals surface area contributed by atoms with E-state index in [1.807, 2.05) is 24.3 Å². The van der Waals surface area contributed by atoms with Crippen molar-refractivity contribution in [3.8, 4) is 28.4 Å². The largest absolute Gasteiger partial charge is 0.505 e. The average Bonchev–Trinajstić information content (AvgIpc) is 3.18. The van der Waals surface area contributed by atoms with Crippen molar-refractivity contribution in [3.05, 3.63) is 102 Å². The van der Waals surface area contributed by atoms with E-state index >= 15 is 0 Å². The smallest absolute Gasteiger partial charge is 0.335 e. The number of phenolic OH excluding ortho intramolecular Hbond substituents is 1. The minimum absolute atomic E-state index is 0.0836. The maximum absolute atomic E-state index is 14.2. The molecule has 0 spiro atoms. The van der Waals surface area contributed by atoms with Gasteiger partial charge in [-0.25, -0.2) is 9.18 Å². The molecule has 1 heterocycles. The number of benzene rings is 4. The number of carboxylic acid groups (broad SMARTS) is 1. The van der Waals surface area contributed by atoms with E-state index in [1.165, 1.54) is 34.9 Å². The van der Waals surface area contributed by atoms with Crippen LogP contribution in [0.15, 0.2) is 95.2 Å². The van der Waals surface area contributed by atoms with Gasteiger partial charge in [0.25, 0.3) is 0 Å². The molecule has 1 aromatic heterocycles. The van der Waals surface area contributed by atoms with Crippen LogP contribution in [-0.2, 0) is 0 Å². The van der Waals surface area contributed by atoms with Crippen molar-refractivity contribution in [1.82, 2.24) is 4.57 Å². The lowest BCUT2D eigenvalue weighted by molar-refractivity contribution is 0.0697. The van der Waals surface area contributed by atoms with E-state index in [0.717, 1.165) is 5.56 Å². The van der Waals surface area contributed by atoms with Gasteiger partial charge in [-0.3, -0.25) is 4.57 Å². The van der Waals surface area contributed by atoms with Gasteiger partial charge in [0.05, 0.1) is 11.1 Å². The van der Waals surface area contributed by atoms with Gasteiger partial charge in [-0.2, -0.15) is 0 Å². The number of para-hydroxylation sites is 1. The van der Waals surface area contributed by atoms with Crippen LogP contribution >= 0.6 is 0 Å². The van der Waals surface area contributed by atoms with Gasteiger partial charge in [-0.15, -0.1) is 10.2 Å². The van der Waals surface area contributed by atoms with Gasteiger partial charge in [-0.1, -0.05) is 50.2 Å². The molecule has 0 bridgehead atoms. The zero-order chi connectivity index (χ0) is 27.0. The van der Waals surface area contributed by atoms with Crippen LogP contribution in [0.25, 0.3) is 27.7 Å². The summed E-state index contributed by atoms with van der Waals surface area (Å²) in [4.78, 5) is 11.4. The topological polar surface area (TPSA) is 107 Å². The van der Waals surface area contributed by atoms with Crippen molar-refractivity contribution in [3.63, 3.8) is 0 Å². The Hall–Kier alpha value is -4.98. The van der Waals surface area contributed by atoms with Crippen molar-refractivity contribution in [2.75, 3.05) is 0 Å². The molecule has 0 aliphatic carbocycles. The zero-order valence-corrected chi connectivity index (χ0v) is 20.6. The maximum Gasteiger partial charge on any atom is 0.335 e. The highest BCUT2D eigenvalue weighted by Crippen LogP contribution is 2.43. The standard InChI is InChI=1S/C30H24FN3O4/c1-17(2)18-9-12-22(13-10-18)34-26-16-21(31)11-14-24(26)27(29(34)36)33-32-25-8-4-7-23(28(25)35)19-5-3-6-20(15-19)30(37)38/h3-17,35-36H,1-2H3,(H,37,38). The van der Waals surface area contributed by atoms with E-state index in [1.54, 1.807) is 30.3 Å². The van der Waals surface area contributed by atoms with E-state index in [-0.39, 0.29) is 28.6 Å². The summed E-state index contributed by atoms with van der Waals surface area (Å²) in [7, 11) is 0. The molecule has 190 valence electrons. The van der Waals surface area contributed by atoms with Crippen molar-refractivity contribution in [2.24, 2.45) is 10.2 Å². The fourth-order valence-corrected chi connectivity index (χ4v) is 4.37. The van der Waals surface area contributed by atoms with Crippen LogP contribution in [0.4, 0.5) is 15.8 Å². The molecule has 0 saturated carbocycles. The predicted octanol–water partition coefficient (Wildman–Crippen LogP) is 8.08. The molecule has 5 aromatic rings. The fraction of sp³-hybridized carbons (Fsp3) is 0.100. The number of carboxylic acids is 1. The van der Waals surface area contributed by atoms with E-state index < -0.39 is 11.8 Å². The Balaban J connectivity index is 1.59. The maximum atomic E-state index is 14.2. The van der Waals surface area contributed by atoms with E-state index in [0.29, 0.717) is 33.6 Å². The van der Waals surface area contributed by atoms with Gasteiger partial charge in [0.15, 0.2) is 11.4 Å². The summed E-state index contributed by atoms with van der Waals surface area (Å²) in [6, 6.07) is 22.8. The van der Waals surface area contributed by atoms with Crippen LogP contribution in [0.2, 0.25) is 0 Å². The lowest BCUT2D eigenvalue weighted by Crippen LogP contribution is -1.95. The van der Waals surface area contributed by atoms with Crippen molar-refractivity contribution in [2.45, 2.75) is 19.8 Å². The Morgan fingerprint density at radius 2 is 1.63 bits per heavy atom. The molecule has 0 unspecified atom stereocenters. The molecule has 4 aromatic carbocycles. The third kappa shape index (κ3) is 4.48. The number of aromatic nitrogens is 1. The molecule has 0 saturated heterocycles. The van der Waals surface area contributed by atoms with E-state index in [4.69, 9.17) is 0 Å². The van der Waals surface area contributed by atoms with Gasteiger partial charge in [0.2, 0.25) is 5.88 Å². The van der Waals surface area contributed by atoms with Crippen LogP contribution in [-0.4, -0.2) is 25.9 Å². The van der Waals surface area contributed by atoms with E-state index in [9.17, 15) is 24.5 Å². The third-order valence-electron chi connectivity index (χ3n) is 6.39. The fourth-order valence-electron chi connectivity index (χ4n) is 4.37. The molecule has 0 fully saturated rings. The van der Waals surface area contributed by atoms with Crippen LogP contribution in [0.5, 0.6) is 11.6 Å². The number of aromatic carboxylic acids is 1. The van der Waals surface area contributed by atoms with Crippen LogP contribution in [0.1, 0.15) is 35.7 Å². The van der Waals surface area contributed by atoms with E-state index in [2.05, 4.69) is 24.1 Å². The van der Waals surface area contributed by atoms with Crippen molar-refractivity contribution >= 4 is 28.2 Å². The number of rotatable bonds is 6. The zero-order valence-electron chi connectivity index (χ0n) is 20.6. The second kappa shape index (κ2) is 9.82. The van der Waals surface area contributed by atoms with Gasteiger partial charge >= 0.3 is 5.97 Å². The normalized spacial score (nSPS) is 11.6. The first-order chi connectivity index (χ1) is 18.2. The molecule has 3 N–H and O–H groups in total. The molecule has 7 nitrogen and oxygen atoms in total. The molecule has 0 amide bonds. The number of nitrogens with zero attached hydrogens (tertiary/aromatic N) is 3. The molecular formula is C30H24FN3O4. The molecular weight excluding hydrogens is 485 g/mol. The molecule has 0 aliphatic heterocycles. The number of hydrogen-bond donors (Lipinski definition) is 3. The highest BCUT2D eigenvalue weighted by molar-refractivity contribution is 5.96. The molecule has 8 heteroatoms. The van der Waals surface area contributed by atoms with Crippen LogP contribution in [0, 0.1) is 5.82 Å². The van der Waals surface area contributed by atoms with Gasteiger partial charge in [-0.05, 0) is 65.6 Å². The van der Waals surface area contributed by atoms with Crippen LogP contribution in [0.3, 0.4) is 0 Å². The third-order valence-corrected chi connectivity index (χ3v) is 6.39. The first-order valence-electron chi connectivity index (χ1n) is 12.0. The lowest BCUT2D eigenvalue weighted by Gasteiger charge is -2.10. The summed E-state index contributed by atoms with van der Waals surface area (Å²) in [5.41, 5.74) is 3.37. The highest BCUT2D eigenvalue weighted by Gasteiger charge is 2.19. The first-order valence-corrected chi connectivity index (χ1v) is 12.0. The number of fused-ring (bicyclic) bond motifs is 1. The Labute approximate surface area is 217 Å². The summed E-state index contributed by atoms with van der Waals surface area (Å²) in [6.07, 6.45) is 0. The Morgan fingerprint density at radius 1 is 0.895 bits per heavy atom. The quantitative estimate of drug-likeness (QED) is 0.201. The van der Waals surface area contributed by atoms with Gasteiger partial charge in [0, 0.05) is 16.6 Å². The Morgan fingerprint density at radius 3 is 2.34 bits per heavy atom. The lowest BCUT2D eigenvalue weighted by atomic mass is 10.0. The highest BCUT2D eigenvalue weighted by atomic mass is 19.1. The SMILES string of the molecule is CC(C)c1ccc(-n2c(O)c(N=Nc3cccc(-c4cccc(C(=O)O)c4)c3O)c3ccc(F)cc32)cc1. The average molecular weight is 510 g/mol. The number of aromatic hydroxyl groups is 2. The predicted molar refractivity (Wildman–Crippen MR) is 144 cm³/mol. The number of hydrogen-bond acceptors (Lipinski definition) is 5. The number of phenols is 1. The number of carbonyl (C=O) groups is 1. The summed E-state index contributed by atoms with van der Waals surface area (Å²) < 4.78 is 15.7. The number of azo groups is 1. The molecule has 0 atom stereocenters. The number of halogens is 1.